The van der Waals surface area contributed by atoms with E-state index in [-0.39, 0.29) is 22.3 Å². The number of alkyl halides is 12. The number of nitrogens with zero attached hydrogens (tertiary/aromatic N) is 2. The molecule has 238 valence electrons. The summed E-state index contributed by atoms with van der Waals surface area (Å²) in [5.41, 5.74) is -7.85. The van der Waals surface area contributed by atoms with Crippen molar-refractivity contribution in [3.8, 4) is 45.0 Å². The molecule has 1 aromatic heterocycles. The van der Waals surface area contributed by atoms with Gasteiger partial charge in [-0.05, 0) is 48.5 Å². The summed E-state index contributed by atoms with van der Waals surface area (Å²) in [6.45, 7) is 0. The Bertz CT molecular complexity index is 1630. The molecule has 0 aliphatic rings. The lowest BCUT2D eigenvalue weighted by atomic mass is 9.96. The first-order valence-corrected chi connectivity index (χ1v) is 12.9. The van der Waals surface area contributed by atoms with Crippen LogP contribution >= 0.6 is 0 Å². The lowest BCUT2D eigenvalue weighted by Gasteiger charge is -2.18. The van der Waals surface area contributed by atoms with E-state index in [4.69, 9.17) is 0 Å². The third kappa shape index (κ3) is 6.85. The second-order valence-corrected chi connectivity index (χ2v) is 9.93. The van der Waals surface area contributed by atoms with Crippen molar-refractivity contribution in [2.45, 2.75) is 24.7 Å². The van der Waals surface area contributed by atoms with Gasteiger partial charge in [-0.15, -0.1) is 0 Å². The highest BCUT2D eigenvalue weighted by Gasteiger charge is 2.35. The van der Waals surface area contributed by atoms with Gasteiger partial charge in [-0.3, -0.25) is 0 Å². The van der Waals surface area contributed by atoms with Crippen LogP contribution in [0.2, 0.25) is 0 Å². The summed E-state index contributed by atoms with van der Waals surface area (Å²) < 4.78 is 164. The smallest absolute Gasteiger partial charge is 0.243 e. The van der Waals surface area contributed by atoms with Gasteiger partial charge in [-0.25, -0.2) is 9.97 Å². The van der Waals surface area contributed by atoms with E-state index < -0.39 is 69.7 Å². The molecular formula is C32H16F12N2. The fraction of sp³-hybridized carbons (Fsp3) is 0.125. The van der Waals surface area contributed by atoms with Crippen LogP contribution in [-0.2, 0) is 24.7 Å². The molecule has 0 radical (unpaired) electrons. The van der Waals surface area contributed by atoms with Crippen LogP contribution in [0, 0.1) is 0 Å². The Morgan fingerprint density at radius 1 is 0.304 bits per heavy atom. The summed E-state index contributed by atoms with van der Waals surface area (Å²) in [5.74, 6) is 0. The molecule has 0 amide bonds. The van der Waals surface area contributed by atoms with Gasteiger partial charge in [0.15, 0.2) is 0 Å². The first-order valence-electron chi connectivity index (χ1n) is 12.9. The number of hydrogen-bond donors (Lipinski definition) is 0. The van der Waals surface area contributed by atoms with Crippen LogP contribution in [0.15, 0.2) is 97.1 Å². The Labute approximate surface area is 252 Å². The van der Waals surface area contributed by atoms with Gasteiger partial charge in [0, 0.05) is 22.3 Å². The molecule has 0 saturated carbocycles. The average Bonchev–Trinajstić information content (AvgIpc) is 2.99. The van der Waals surface area contributed by atoms with Crippen LogP contribution in [0.1, 0.15) is 22.3 Å². The number of benzene rings is 4. The number of halogens is 12. The first kappa shape index (κ1) is 32.5. The average molecular weight is 656 g/mol. The van der Waals surface area contributed by atoms with Gasteiger partial charge in [0.25, 0.3) is 0 Å². The molecule has 0 unspecified atom stereocenters. The maximum Gasteiger partial charge on any atom is 0.416 e. The summed E-state index contributed by atoms with van der Waals surface area (Å²) in [4.78, 5) is 8.67. The maximum absolute atomic E-state index is 13.7. The second kappa shape index (κ2) is 11.5. The van der Waals surface area contributed by atoms with Crippen molar-refractivity contribution < 1.29 is 52.7 Å². The molecule has 5 rings (SSSR count). The molecule has 14 heteroatoms. The molecule has 46 heavy (non-hydrogen) atoms. The third-order valence-electron chi connectivity index (χ3n) is 6.75. The molecule has 5 aromatic rings. The normalized spacial score (nSPS) is 12.8. The van der Waals surface area contributed by atoms with Gasteiger partial charge in [0.2, 0.25) is 0 Å². The molecule has 0 aliphatic heterocycles. The van der Waals surface area contributed by atoms with E-state index in [1.807, 2.05) is 0 Å². The highest BCUT2D eigenvalue weighted by atomic mass is 19.4. The number of hydrogen-bond acceptors (Lipinski definition) is 2. The molecule has 2 nitrogen and oxygen atoms in total. The standard InChI is InChI=1S/C32H16F12N2/c33-29(34,35)21-9-1-5-17(13-21)25-26(18-6-2-10-22(14-18)30(36,37)38)46-28(20-8-4-12-24(16-20)32(42,43)44)27(45-25)19-7-3-11-23(15-19)31(39,40)41/h1-16H. The largest absolute Gasteiger partial charge is 0.416 e. The zero-order chi connectivity index (χ0) is 33.7. The molecular weight excluding hydrogens is 640 g/mol. The minimum absolute atomic E-state index is 0.321. The molecule has 1 heterocycles. The van der Waals surface area contributed by atoms with Gasteiger partial charge >= 0.3 is 24.7 Å². The predicted molar refractivity (Wildman–Crippen MR) is 144 cm³/mol. The van der Waals surface area contributed by atoms with Crippen molar-refractivity contribution >= 4 is 0 Å². The topological polar surface area (TPSA) is 25.8 Å². The minimum Gasteiger partial charge on any atom is -0.243 e. The fourth-order valence-electron chi connectivity index (χ4n) is 4.61. The van der Waals surface area contributed by atoms with Crippen LogP contribution in [0.4, 0.5) is 52.7 Å². The van der Waals surface area contributed by atoms with Crippen molar-refractivity contribution in [2.75, 3.05) is 0 Å². The van der Waals surface area contributed by atoms with E-state index in [0.717, 1.165) is 48.5 Å². The zero-order valence-corrected chi connectivity index (χ0v) is 22.7. The first-order chi connectivity index (χ1) is 21.3. The summed E-state index contributed by atoms with van der Waals surface area (Å²) in [6, 6.07) is 13.8. The molecule has 0 fully saturated rings. The molecule has 0 bridgehead atoms. The van der Waals surface area contributed by atoms with E-state index in [1.165, 1.54) is 0 Å². The van der Waals surface area contributed by atoms with Crippen LogP contribution < -0.4 is 0 Å². The van der Waals surface area contributed by atoms with Crippen molar-refractivity contribution in [1.82, 2.24) is 9.97 Å². The summed E-state index contributed by atoms with van der Waals surface area (Å²) in [7, 11) is 0. The van der Waals surface area contributed by atoms with E-state index in [2.05, 4.69) is 9.97 Å². The Morgan fingerprint density at radius 3 is 0.674 bits per heavy atom. The minimum atomic E-state index is -4.87. The maximum atomic E-state index is 13.7. The van der Waals surface area contributed by atoms with Gasteiger partial charge < -0.3 is 0 Å². The Balaban J connectivity index is 1.91. The SMILES string of the molecule is FC(F)(F)c1cccc(-c2nc(-c3cccc(C(F)(F)F)c3)c(-c3cccc(C(F)(F)F)c3)nc2-c2cccc(C(F)(F)F)c2)c1. The van der Waals surface area contributed by atoms with Crippen molar-refractivity contribution in [3.63, 3.8) is 0 Å². The number of rotatable bonds is 4. The van der Waals surface area contributed by atoms with Gasteiger partial charge in [0.05, 0.1) is 45.0 Å². The van der Waals surface area contributed by atoms with E-state index in [1.54, 1.807) is 0 Å². The van der Waals surface area contributed by atoms with Crippen LogP contribution in [0.25, 0.3) is 45.0 Å². The summed E-state index contributed by atoms with van der Waals surface area (Å²) in [5, 5.41) is 0. The molecule has 4 aromatic carbocycles. The quantitative estimate of drug-likeness (QED) is 0.180. The van der Waals surface area contributed by atoms with Gasteiger partial charge in [0.1, 0.15) is 0 Å². The Morgan fingerprint density at radius 2 is 0.500 bits per heavy atom. The molecule has 0 N–H and O–H groups in total. The van der Waals surface area contributed by atoms with Crippen molar-refractivity contribution in [3.05, 3.63) is 119 Å². The van der Waals surface area contributed by atoms with Crippen molar-refractivity contribution in [2.24, 2.45) is 0 Å². The van der Waals surface area contributed by atoms with Gasteiger partial charge in [-0.1, -0.05) is 48.5 Å². The lowest BCUT2D eigenvalue weighted by Crippen LogP contribution is -2.08. The van der Waals surface area contributed by atoms with Gasteiger partial charge in [-0.2, -0.15) is 52.7 Å². The molecule has 0 aliphatic carbocycles. The highest BCUT2D eigenvalue weighted by Crippen LogP contribution is 2.42. The molecule has 0 saturated heterocycles. The third-order valence-corrected chi connectivity index (χ3v) is 6.75. The highest BCUT2D eigenvalue weighted by molar-refractivity contribution is 5.87. The molecule has 0 spiro atoms. The van der Waals surface area contributed by atoms with Crippen molar-refractivity contribution in [1.29, 1.82) is 0 Å². The van der Waals surface area contributed by atoms with E-state index in [9.17, 15) is 52.7 Å². The van der Waals surface area contributed by atoms with Crippen LogP contribution in [0.5, 0.6) is 0 Å². The van der Waals surface area contributed by atoms with E-state index in [0.29, 0.717) is 48.5 Å². The number of aromatic nitrogens is 2. The Kier molecular flexibility index (Phi) is 8.12. The fourth-order valence-corrected chi connectivity index (χ4v) is 4.61. The predicted octanol–water partition coefficient (Wildman–Crippen LogP) is 11.2. The van der Waals surface area contributed by atoms with Crippen LogP contribution in [0.3, 0.4) is 0 Å². The zero-order valence-electron chi connectivity index (χ0n) is 22.7. The summed E-state index contributed by atoms with van der Waals surface area (Å²) >= 11 is 0. The monoisotopic (exact) mass is 656 g/mol. The Hall–Kier alpha value is -4.88. The van der Waals surface area contributed by atoms with E-state index >= 15 is 0 Å². The lowest BCUT2D eigenvalue weighted by molar-refractivity contribution is -0.138. The second-order valence-electron chi connectivity index (χ2n) is 9.93. The summed E-state index contributed by atoms with van der Waals surface area (Å²) in [6.07, 6.45) is -19.5. The van der Waals surface area contributed by atoms with Crippen LogP contribution in [-0.4, -0.2) is 9.97 Å². The molecule has 0 atom stereocenters.